The molecule has 0 unspecified atom stereocenters. The van der Waals surface area contributed by atoms with Crippen LogP contribution in [0.15, 0.2) is 28.1 Å². The molecule has 0 bridgehead atoms. The Morgan fingerprint density at radius 2 is 1.92 bits per heavy atom. The van der Waals surface area contributed by atoms with Gasteiger partial charge in [-0.3, -0.25) is 0 Å². The highest BCUT2D eigenvalue weighted by atomic mass is 127. The highest BCUT2D eigenvalue weighted by Gasteiger charge is 2.36. The lowest BCUT2D eigenvalue weighted by atomic mass is 10.1. The van der Waals surface area contributed by atoms with Crippen LogP contribution in [0.5, 0.6) is 0 Å². The van der Waals surface area contributed by atoms with Crippen LogP contribution in [0, 0.1) is 0 Å². The summed E-state index contributed by atoms with van der Waals surface area (Å²) in [5, 5.41) is 3.04. The van der Waals surface area contributed by atoms with Crippen molar-refractivity contribution in [2.24, 2.45) is 10.7 Å². The fourth-order valence-electron chi connectivity index (χ4n) is 2.72. The molecular formula is C15H21F3IN3O2S. The molecule has 2 rings (SSSR count). The summed E-state index contributed by atoms with van der Waals surface area (Å²) in [7, 11) is -3.97. The first-order valence-corrected chi connectivity index (χ1v) is 9.43. The van der Waals surface area contributed by atoms with Gasteiger partial charge in [-0.05, 0) is 30.5 Å². The molecule has 1 aromatic carbocycles. The van der Waals surface area contributed by atoms with Crippen LogP contribution in [0.25, 0.3) is 0 Å². The molecular weight excluding hydrogens is 470 g/mol. The second-order valence-corrected chi connectivity index (χ2v) is 7.91. The monoisotopic (exact) mass is 491 g/mol. The Labute approximate surface area is 162 Å². The predicted molar refractivity (Wildman–Crippen MR) is 101 cm³/mol. The van der Waals surface area contributed by atoms with Crippen LogP contribution in [0.4, 0.5) is 13.2 Å². The zero-order valence-electron chi connectivity index (χ0n) is 13.6. The quantitative estimate of drug-likeness (QED) is 0.385. The summed E-state index contributed by atoms with van der Waals surface area (Å²) in [6.45, 7) is -0.0569. The van der Waals surface area contributed by atoms with Crippen molar-refractivity contribution in [3.8, 4) is 0 Å². The Hall–Kier alpha value is -1.04. The molecule has 1 aromatic rings. The van der Waals surface area contributed by atoms with Crippen molar-refractivity contribution in [3.05, 3.63) is 29.3 Å². The van der Waals surface area contributed by atoms with Gasteiger partial charge >= 0.3 is 6.18 Å². The Kier molecular flexibility index (Phi) is 7.54. The molecule has 1 aliphatic rings. The van der Waals surface area contributed by atoms with Gasteiger partial charge in [0.25, 0.3) is 0 Å². The number of nitrogens with one attached hydrogen (secondary N) is 1. The number of guanidine groups is 1. The van der Waals surface area contributed by atoms with Crippen molar-refractivity contribution < 1.29 is 21.6 Å². The third kappa shape index (κ3) is 6.32. The molecule has 1 fully saturated rings. The van der Waals surface area contributed by atoms with Crippen molar-refractivity contribution in [3.63, 3.8) is 0 Å². The molecule has 0 aliphatic heterocycles. The van der Waals surface area contributed by atoms with E-state index in [1.54, 1.807) is 0 Å². The van der Waals surface area contributed by atoms with E-state index in [0.717, 1.165) is 44.1 Å². The van der Waals surface area contributed by atoms with Gasteiger partial charge in [-0.2, -0.15) is 13.2 Å². The second-order valence-electron chi connectivity index (χ2n) is 5.93. The summed E-state index contributed by atoms with van der Waals surface area (Å²) in [5.41, 5.74) is 4.81. The lowest BCUT2D eigenvalue weighted by Gasteiger charge is -2.14. The minimum atomic E-state index is -4.76. The van der Waals surface area contributed by atoms with E-state index in [9.17, 15) is 21.6 Å². The highest BCUT2D eigenvalue weighted by Crippen LogP contribution is 2.35. The van der Waals surface area contributed by atoms with E-state index in [1.165, 1.54) is 6.07 Å². The van der Waals surface area contributed by atoms with Crippen LogP contribution < -0.4 is 11.1 Å². The first-order valence-electron chi connectivity index (χ1n) is 7.54. The molecule has 0 aromatic heterocycles. The van der Waals surface area contributed by atoms with Gasteiger partial charge in [-0.15, -0.1) is 24.0 Å². The molecule has 10 heteroatoms. The third-order valence-corrected chi connectivity index (χ3v) is 5.04. The van der Waals surface area contributed by atoms with Crippen LogP contribution in [-0.2, 0) is 22.6 Å². The van der Waals surface area contributed by atoms with Crippen molar-refractivity contribution >= 4 is 39.8 Å². The lowest BCUT2D eigenvalue weighted by Crippen LogP contribution is -2.38. The van der Waals surface area contributed by atoms with E-state index in [0.29, 0.717) is 0 Å². The van der Waals surface area contributed by atoms with Gasteiger partial charge < -0.3 is 11.1 Å². The van der Waals surface area contributed by atoms with Crippen LogP contribution >= 0.6 is 24.0 Å². The standard InChI is InChI=1S/C15H20F3N3O2S.HI/c1-24(22,23)13-7-6-10(8-12(13)15(16,17)18)9-20-14(19)21-11-4-2-3-5-11;/h6-8,11H,2-5,9H2,1H3,(H3,19,20,21);1H. The van der Waals surface area contributed by atoms with Crippen molar-refractivity contribution in [1.29, 1.82) is 0 Å². The Morgan fingerprint density at radius 3 is 2.44 bits per heavy atom. The lowest BCUT2D eigenvalue weighted by molar-refractivity contribution is -0.139. The molecule has 1 saturated carbocycles. The Morgan fingerprint density at radius 1 is 1.32 bits per heavy atom. The number of hydrogen-bond acceptors (Lipinski definition) is 3. The molecule has 0 heterocycles. The van der Waals surface area contributed by atoms with E-state index in [2.05, 4.69) is 10.3 Å². The van der Waals surface area contributed by atoms with Crippen LogP contribution in [0.1, 0.15) is 36.8 Å². The molecule has 0 spiro atoms. The van der Waals surface area contributed by atoms with Crippen LogP contribution in [0.2, 0.25) is 0 Å². The van der Waals surface area contributed by atoms with Gasteiger partial charge in [0.05, 0.1) is 17.0 Å². The van der Waals surface area contributed by atoms with Crippen molar-refractivity contribution in [2.75, 3.05) is 6.26 Å². The first kappa shape index (κ1) is 22.0. The van der Waals surface area contributed by atoms with E-state index >= 15 is 0 Å². The summed E-state index contributed by atoms with van der Waals surface area (Å²) in [5.74, 6) is 0.183. The zero-order chi connectivity index (χ0) is 18.0. The van der Waals surface area contributed by atoms with Gasteiger partial charge in [0.1, 0.15) is 0 Å². The number of benzene rings is 1. The predicted octanol–water partition coefficient (Wildman–Crippen LogP) is 3.07. The maximum atomic E-state index is 13.1. The molecule has 142 valence electrons. The number of nitrogens with zero attached hydrogens (tertiary/aromatic N) is 1. The van der Waals surface area contributed by atoms with E-state index in [-0.39, 0.29) is 48.1 Å². The molecule has 25 heavy (non-hydrogen) atoms. The highest BCUT2D eigenvalue weighted by molar-refractivity contribution is 14.0. The summed E-state index contributed by atoms with van der Waals surface area (Å²) in [6, 6.07) is 3.34. The van der Waals surface area contributed by atoms with Crippen molar-refractivity contribution in [2.45, 2.75) is 49.3 Å². The maximum absolute atomic E-state index is 13.1. The Bertz CT molecular complexity index is 730. The summed E-state index contributed by atoms with van der Waals surface area (Å²) >= 11 is 0. The summed E-state index contributed by atoms with van der Waals surface area (Å²) in [4.78, 5) is 3.30. The second kappa shape index (κ2) is 8.56. The number of sulfone groups is 1. The molecule has 0 saturated heterocycles. The van der Waals surface area contributed by atoms with Gasteiger partial charge in [-0.25, -0.2) is 13.4 Å². The van der Waals surface area contributed by atoms with Crippen molar-refractivity contribution in [1.82, 2.24) is 5.32 Å². The van der Waals surface area contributed by atoms with Crippen LogP contribution in [0.3, 0.4) is 0 Å². The molecule has 0 atom stereocenters. The molecule has 3 N–H and O–H groups in total. The first-order chi connectivity index (χ1) is 11.1. The fraction of sp³-hybridized carbons (Fsp3) is 0.533. The minimum Gasteiger partial charge on any atom is -0.370 e. The number of halogens is 4. The number of hydrogen-bond donors (Lipinski definition) is 2. The van der Waals surface area contributed by atoms with Gasteiger partial charge in [0.2, 0.25) is 0 Å². The summed E-state index contributed by atoms with van der Waals surface area (Å²) < 4.78 is 62.3. The van der Waals surface area contributed by atoms with Gasteiger partial charge in [-0.1, -0.05) is 18.9 Å². The Balaban J connectivity index is 0.00000312. The van der Waals surface area contributed by atoms with Gasteiger partial charge in [0.15, 0.2) is 15.8 Å². The number of aliphatic imine (C=N–C) groups is 1. The van der Waals surface area contributed by atoms with E-state index in [1.807, 2.05) is 0 Å². The molecule has 1 aliphatic carbocycles. The number of alkyl halides is 3. The van der Waals surface area contributed by atoms with E-state index < -0.39 is 26.5 Å². The molecule has 5 nitrogen and oxygen atoms in total. The van der Waals surface area contributed by atoms with E-state index in [4.69, 9.17) is 5.73 Å². The molecule has 0 radical (unpaired) electrons. The zero-order valence-corrected chi connectivity index (χ0v) is 16.8. The smallest absolute Gasteiger partial charge is 0.370 e. The number of nitrogens with two attached hydrogens (primary N) is 1. The fourth-order valence-corrected chi connectivity index (χ4v) is 3.61. The third-order valence-electron chi connectivity index (χ3n) is 3.89. The topological polar surface area (TPSA) is 84.5 Å². The minimum absolute atomic E-state index is 0. The SMILES string of the molecule is CS(=O)(=O)c1ccc(CN=C(N)NC2CCCC2)cc1C(F)(F)F.I. The maximum Gasteiger partial charge on any atom is 0.417 e. The largest absolute Gasteiger partial charge is 0.417 e. The van der Waals surface area contributed by atoms with Crippen LogP contribution in [-0.4, -0.2) is 26.7 Å². The van der Waals surface area contributed by atoms with Gasteiger partial charge in [0, 0.05) is 12.3 Å². The average Bonchev–Trinajstić information content (AvgIpc) is 2.95. The normalized spacial score (nSPS) is 16.6. The average molecular weight is 491 g/mol. The molecule has 0 amide bonds. The summed E-state index contributed by atoms with van der Waals surface area (Å²) in [6.07, 6.45) is 0.222. The number of rotatable bonds is 4.